The van der Waals surface area contributed by atoms with Gasteiger partial charge in [0.1, 0.15) is 0 Å². The Morgan fingerprint density at radius 1 is 1.19 bits per heavy atom. The van der Waals surface area contributed by atoms with Crippen LogP contribution in [0.2, 0.25) is 5.02 Å². The molecule has 0 saturated heterocycles. The largest absolute Gasteiger partial charge is 0.452 e. The molecular weight excluding hydrogens is 366 g/mol. The molecule has 0 aliphatic carbocycles. The molecule has 1 heterocycles. The standard InChI is InChI=1S/C20H20ClN3O3/c1-13-3-8-18(17(21)11-13)22-19(25)12-27-20(26)15-4-6-16(7-5-15)24-10-9-14(2)23-24/h3-8,11H,9-10,12H2,1-2H3,(H,22,25). The minimum Gasteiger partial charge on any atom is -0.452 e. The molecule has 6 nitrogen and oxygen atoms in total. The second-order valence-electron chi connectivity index (χ2n) is 6.36. The number of hydrogen-bond donors (Lipinski definition) is 1. The van der Waals surface area contributed by atoms with Gasteiger partial charge in [0.15, 0.2) is 6.61 Å². The number of nitrogens with zero attached hydrogens (tertiary/aromatic N) is 2. The number of anilines is 2. The lowest BCUT2D eigenvalue weighted by molar-refractivity contribution is -0.119. The van der Waals surface area contributed by atoms with Crippen LogP contribution >= 0.6 is 11.6 Å². The number of carbonyl (C=O) groups excluding carboxylic acids is 2. The molecule has 1 N–H and O–H groups in total. The van der Waals surface area contributed by atoms with Crippen molar-refractivity contribution in [3.05, 3.63) is 58.6 Å². The number of carbonyl (C=O) groups is 2. The molecule has 0 fully saturated rings. The van der Waals surface area contributed by atoms with Crippen molar-refractivity contribution in [1.29, 1.82) is 0 Å². The van der Waals surface area contributed by atoms with Gasteiger partial charge in [0.05, 0.1) is 22.0 Å². The number of hydrogen-bond acceptors (Lipinski definition) is 5. The molecule has 7 heteroatoms. The Bertz CT molecular complexity index is 894. The number of rotatable bonds is 5. The summed E-state index contributed by atoms with van der Waals surface area (Å²) in [7, 11) is 0. The van der Waals surface area contributed by atoms with Gasteiger partial charge in [-0.25, -0.2) is 4.79 Å². The summed E-state index contributed by atoms with van der Waals surface area (Å²) in [5.41, 5.74) is 3.84. The summed E-state index contributed by atoms with van der Waals surface area (Å²) in [4.78, 5) is 24.1. The lowest BCUT2D eigenvalue weighted by atomic mass is 10.2. The second-order valence-corrected chi connectivity index (χ2v) is 6.77. The van der Waals surface area contributed by atoms with Crippen LogP contribution in [0.3, 0.4) is 0 Å². The SMILES string of the molecule is CC1=NN(c2ccc(C(=O)OCC(=O)Nc3ccc(C)cc3Cl)cc2)CC1. The number of aryl methyl sites for hydroxylation is 1. The van der Waals surface area contributed by atoms with Crippen LogP contribution in [0.1, 0.15) is 29.3 Å². The van der Waals surface area contributed by atoms with Crippen molar-refractivity contribution >= 4 is 40.6 Å². The number of nitrogens with one attached hydrogen (secondary N) is 1. The van der Waals surface area contributed by atoms with Crippen LogP contribution in [-0.4, -0.2) is 30.7 Å². The zero-order chi connectivity index (χ0) is 19.4. The van der Waals surface area contributed by atoms with Gasteiger partial charge in [-0.2, -0.15) is 5.10 Å². The van der Waals surface area contributed by atoms with Gasteiger partial charge in [0, 0.05) is 18.7 Å². The quantitative estimate of drug-likeness (QED) is 0.789. The van der Waals surface area contributed by atoms with Crippen molar-refractivity contribution in [2.24, 2.45) is 5.10 Å². The molecule has 0 spiro atoms. The Morgan fingerprint density at radius 2 is 1.93 bits per heavy atom. The smallest absolute Gasteiger partial charge is 0.338 e. The lowest BCUT2D eigenvalue weighted by Gasteiger charge is -2.13. The molecule has 1 amide bonds. The van der Waals surface area contributed by atoms with Gasteiger partial charge >= 0.3 is 5.97 Å². The fourth-order valence-electron chi connectivity index (χ4n) is 2.65. The fraction of sp³-hybridized carbons (Fsp3) is 0.250. The number of benzene rings is 2. The van der Waals surface area contributed by atoms with Crippen molar-refractivity contribution in [3.63, 3.8) is 0 Å². The van der Waals surface area contributed by atoms with Gasteiger partial charge < -0.3 is 10.1 Å². The molecular formula is C20H20ClN3O3. The van der Waals surface area contributed by atoms with Crippen molar-refractivity contribution in [2.75, 3.05) is 23.5 Å². The maximum atomic E-state index is 12.1. The molecule has 27 heavy (non-hydrogen) atoms. The van der Waals surface area contributed by atoms with Gasteiger partial charge in [-0.15, -0.1) is 0 Å². The lowest BCUT2D eigenvalue weighted by Crippen LogP contribution is -2.21. The number of amides is 1. The zero-order valence-corrected chi connectivity index (χ0v) is 15.9. The topological polar surface area (TPSA) is 71.0 Å². The van der Waals surface area contributed by atoms with Gasteiger partial charge in [0.25, 0.3) is 5.91 Å². The van der Waals surface area contributed by atoms with Crippen molar-refractivity contribution in [1.82, 2.24) is 0 Å². The number of halogens is 1. The first-order valence-electron chi connectivity index (χ1n) is 8.57. The first-order chi connectivity index (χ1) is 12.9. The Labute approximate surface area is 162 Å². The van der Waals surface area contributed by atoms with Crippen LogP contribution in [0.15, 0.2) is 47.6 Å². The van der Waals surface area contributed by atoms with Crippen LogP contribution in [0.25, 0.3) is 0 Å². The van der Waals surface area contributed by atoms with E-state index in [0.717, 1.165) is 29.9 Å². The first-order valence-corrected chi connectivity index (χ1v) is 8.95. The highest BCUT2D eigenvalue weighted by molar-refractivity contribution is 6.33. The van der Waals surface area contributed by atoms with Gasteiger partial charge in [0.2, 0.25) is 0 Å². The summed E-state index contributed by atoms with van der Waals surface area (Å²) >= 11 is 6.07. The van der Waals surface area contributed by atoms with Crippen LogP contribution in [0, 0.1) is 6.92 Å². The third-order valence-electron chi connectivity index (χ3n) is 4.11. The van der Waals surface area contributed by atoms with Crippen molar-refractivity contribution in [3.8, 4) is 0 Å². The van der Waals surface area contributed by atoms with E-state index in [2.05, 4.69) is 10.4 Å². The Kier molecular flexibility index (Phi) is 5.76. The minimum absolute atomic E-state index is 0.375. The maximum absolute atomic E-state index is 12.1. The molecule has 140 valence electrons. The van der Waals surface area contributed by atoms with E-state index in [1.54, 1.807) is 24.3 Å². The molecule has 0 saturated carbocycles. The summed E-state index contributed by atoms with van der Waals surface area (Å²) < 4.78 is 5.07. The van der Waals surface area contributed by atoms with E-state index in [1.807, 2.05) is 37.1 Å². The van der Waals surface area contributed by atoms with E-state index >= 15 is 0 Å². The third kappa shape index (κ3) is 4.86. The van der Waals surface area contributed by atoms with E-state index in [-0.39, 0.29) is 6.61 Å². The Morgan fingerprint density at radius 3 is 2.56 bits per heavy atom. The monoisotopic (exact) mass is 385 g/mol. The predicted molar refractivity (Wildman–Crippen MR) is 107 cm³/mol. The molecule has 3 rings (SSSR count). The third-order valence-corrected chi connectivity index (χ3v) is 4.42. The molecule has 0 atom stereocenters. The minimum atomic E-state index is -0.562. The van der Waals surface area contributed by atoms with Gasteiger partial charge in [-0.3, -0.25) is 9.80 Å². The van der Waals surface area contributed by atoms with Crippen LogP contribution in [0.5, 0.6) is 0 Å². The maximum Gasteiger partial charge on any atom is 0.338 e. The van der Waals surface area contributed by atoms with Crippen LogP contribution < -0.4 is 10.3 Å². The molecule has 0 aromatic heterocycles. The Balaban J connectivity index is 1.53. The van der Waals surface area contributed by atoms with Crippen LogP contribution in [-0.2, 0) is 9.53 Å². The van der Waals surface area contributed by atoms with E-state index < -0.39 is 11.9 Å². The highest BCUT2D eigenvalue weighted by atomic mass is 35.5. The average molecular weight is 386 g/mol. The van der Waals surface area contributed by atoms with Gasteiger partial charge in [-0.05, 0) is 55.8 Å². The number of esters is 1. The van der Waals surface area contributed by atoms with Crippen molar-refractivity contribution in [2.45, 2.75) is 20.3 Å². The van der Waals surface area contributed by atoms with Gasteiger partial charge in [-0.1, -0.05) is 17.7 Å². The molecule has 1 aliphatic heterocycles. The highest BCUT2D eigenvalue weighted by Gasteiger charge is 2.15. The Hall–Kier alpha value is -2.86. The summed E-state index contributed by atoms with van der Waals surface area (Å²) in [5, 5.41) is 9.37. The summed E-state index contributed by atoms with van der Waals surface area (Å²) in [6, 6.07) is 12.2. The van der Waals surface area contributed by atoms with E-state index in [4.69, 9.17) is 16.3 Å². The zero-order valence-electron chi connectivity index (χ0n) is 15.2. The normalized spacial score (nSPS) is 13.3. The highest BCUT2D eigenvalue weighted by Crippen LogP contribution is 2.23. The second kappa shape index (κ2) is 8.22. The molecule has 0 bridgehead atoms. The molecule has 2 aromatic carbocycles. The fourth-order valence-corrected chi connectivity index (χ4v) is 2.93. The summed E-state index contributed by atoms with van der Waals surface area (Å²) in [5.74, 6) is -1.01. The average Bonchev–Trinajstić information content (AvgIpc) is 3.08. The van der Waals surface area contributed by atoms with Crippen molar-refractivity contribution < 1.29 is 14.3 Å². The molecule has 1 aliphatic rings. The number of hydrazone groups is 1. The number of ether oxygens (including phenoxy) is 1. The summed E-state index contributed by atoms with van der Waals surface area (Å²) in [6.45, 7) is 4.33. The molecule has 0 radical (unpaired) electrons. The van der Waals surface area contributed by atoms with Crippen LogP contribution in [0.4, 0.5) is 11.4 Å². The van der Waals surface area contributed by atoms with E-state index in [9.17, 15) is 9.59 Å². The molecule has 0 unspecified atom stereocenters. The molecule has 2 aromatic rings. The predicted octanol–water partition coefficient (Wildman–Crippen LogP) is 4.03. The van der Waals surface area contributed by atoms with E-state index in [1.165, 1.54) is 0 Å². The van der Waals surface area contributed by atoms with E-state index in [0.29, 0.717) is 16.3 Å². The summed E-state index contributed by atoms with van der Waals surface area (Å²) in [6.07, 6.45) is 0.934. The first kappa shape index (κ1) is 18.9.